The molecule has 0 radical (unpaired) electrons. The van der Waals surface area contributed by atoms with Gasteiger partial charge in [-0.15, -0.1) is 0 Å². The first-order valence-corrected chi connectivity index (χ1v) is 16.0. The van der Waals surface area contributed by atoms with Crippen LogP contribution in [-0.4, -0.2) is 62.3 Å². The molecule has 4 N–H and O–H groups in total. The molecular weight excluding hydrogens is 510 g/mol. The Hall–Kier alpha value is -1.81. The first-order chi connectivity index (χ1) is 19.5. The summed E-state index contributed by atoms with van der Waals surface area (Å²) in [4.78, 5) is 32.1. The van der Waals surface area contributed by atoms with Crippen LogP contribution in [0.5, 0.6) is 0 Å². The van der Waals surface area contributed by atoms with Crippen LogP contribution in [-0.2, 0) is 9.53 Å². The summed E-state index contributed by atoms with van der Waals surface area (Å²) >= 11 is 0. The van der Waals surface area contributed by atoms with Crippen LogP contribution in [0.15, 0.2) is 17.1 Å². The van der Waals surface area contributed by atoms with Crippen LogP contribution in [0.25, 0.3) is 0 Å². The fourth-order valence-electron chi connectivity index (χ4n) is 5.48. The second kappa shape index (κ2) is 21.0. The Morgan fingerprint density at radius 1 is 0.825 bits per heavy atom. The first kappa shape index (κ1) is 34.4. The molecule has 1 fully saturated rings. The third-order valence-electron chi connectivity index (χ3n) is 7.95. The zero-order valence-electron chi connectivity index (χ0n) is 24.8. The van der Waals surface area contributed by atoms with Crippen LogP contribution < -0.4 is 10.6 Å². The van der Waals surface area contributed by atoms with Crippen LogP contribution in [0.4, 0.5) is 5.82 Å². The van der Waals surface area contributed by atoms with Crippen molar-refractivity contribution in [2.75, 3.05) is 11.5 Å². The molecule has 40 heavy (non-hydrogen) atoms. The summed E-state index contributed by atoms with van der Waals surface area (Å²) in [5, 5.41) is 30.0. The van der Waals surface area contributed by atoms with Crippen LogP contribution in [0.3, 0.4) is 0 Å². The zero-order chi connectivity index (χ0) is 29.0. The maximum Gasteiger partial charge on any atom is 0.346 e. The van der Waals surface area contributed by atoms with E-state index in [-0.39, 0.29) is 18.1 Å². The van der Waals surface area contributed by atoms with Crippen molar-refractivity contribution in [3.8, 4) is 0 Å². The zero-order valence-corrected chi connectivity index (χ0v) is 24.8. The van der Waals surface area contributed by atoms with Crippen LogP contribution in [0, 0.1) is 0 Å². The summed E-state index contributed by atoms with van der Waals surface area (Å²) in [5.74, 6) is -0.193. The normalized spacial score (nSPS) is 20.7. The van der Waals surface area contributed by atoms with E-state index < -0.39 is 36.8 Å². The van der Waals surface area contributed by atoms with Crippen molar-refractivity contribution in [2.45, 2.75) is 160 Å². The minimum atomic E-state index is -1.41. The molecule has 1 aromatic heterocycles. The van der Waals surface area contributed by atoms with Crippen LogP contribution >= 0.6 is 0 Å². The fraction of sp³-hybridized carbons (Fsp3) is 0.839. The largest absolute Gasteiger partial charge is 0.394 e. The van der Waals surface area contributed by atoms with Gasteiger partial charge in [0.1, 0.15) is 24.1 Å². The molecule has 1 aliphatic heterocycles. The van der Waals surface area contributed by atoms with Crippen molar-refractivity contribution >= 4 is 11.7 Å². The number of hydrogen-bond acceptors (Lipinski definition) is 7. The molecule has 1 saturated heterocycles. The second-order valence-corrected chi connectivity index (χ2v) is 11.4. The highest BCUT2D eigenvalue weighted by atomic mass is 16.6. The van der Waals surface area contributed by atoms with Crippen LogP contribution in [0.1, 0.15) is 135 Å². The lowest BCUT2D eigenvalue weighted by atomic mass is 10.0. The maximum atomic E-state index is 13.1. The molecule has 1 unspecified atom stereocenters. The third-order valence-corrected chi connectivity index (χ3v) is 7.95. The molecule has 0 aliphatic carbocycles. The summed E-state index contributed by atoms with van der Waals surface area (Å²) in [5.41, 5.74) is -0.634. The van der Waals surface area contributed by atoms with E-state index in [1.54, 1.807) is 0 Å². The topological polar surface area (TPSA) is 136 Å². The van der Waals surface area contributed by atoms with Crippen LogP contribution in [0.2, 0.25) is 0 Å². The van der Waals surface area contributed by atoms with Gasteiger partial charge in [-0.3, -0.25) is 14.7 Å². The molecule has 0 aromatic carbocycles. The van der Waals surface area contributed by atoms with Crippen molar-refractivity contribution < 1.29 is 24.9 Å². The number of H-pyrrole nitrogens is 1. The smallest absolute Gasteiger partial charge is 0.346 e. The maximum absolute atomic E-state index is 13.1. The molecule has 1 aliphatic rings. The average Bonchev–Trinajstić information content (AvgIpc) is 3.23. The summed E-state index contributed by atoms with van der Waals surface area (Å²) in [7, 11) is 0. The highest BCUT2D eigenvalue weighted by Gasteiger charge is 2.47. The molecule has 0 saturated carbocycles. The summed E-state index contributed by atoms with van der Waals surface area (Å²) in [6.45, 7) is 1.77. The Bertz CT molecular complexity index is 850. The van der Waals surface area contributed by atoms with Gasteiger partial charge >= 0.3 is 5.69 Å². The highest BCUT2D eigenvalue weighted by molar-refractivity contribution is 5.92. The van der Waals surface area contributed by atoms with Crippen molar-refractivity contribution in [2.24, 2.45) is 0 Å². The van der Waals surface area contributed by atoms with E-state index in [4.69, 9.17) is 4.74 Å². The highest BCUT2D eigenvalue weighted by Crippen LogP contribution is 2.28. The number of carbonyl (C=O) groups is 1. The van der Waals surface area contributed by atoms with Crippen molar-refractivity contribution in [1.29, 1.82) is 0 Å². The monoisotopic (exact) mass is 565 g/mol. The predicted molar refractivity (Wildman–Crippen MR) is 158 cm³/mol. The van der Waals surface area contributed by atoms with Crippen molar-refractivity contribution in [3.63, 3.8) is 0 Å². The van der Waals surface area contributed by atoms with E-state index in [2.05, 4.69) is 16.9 Å². The number of aromatic nitrogens is 2. The number of hydrogen-bond donors (Lipinski definition) is 4. The van der Waals surface area contributed by atoms with Crippen molar-refractivity contribution in [3.05, 3.63) is 22.7 Å². The number of anilines is 1. The molecule has 1 aromatic rings. The molecule has 2 rings (SSSR count). The minimum absolute atomic E-state index is 0.137. The number of carbonyl (C=O) groups excluding carboxylic acids is 1. The Kier molecular flexibility index (Phi) is 18.0. The lowest BCUT2D eigenvalue weighted by molar-refractivity contribution is -0.123. The fourth-order valence-corrected chi connectivity index (χ4v) is 5.48. The number of ether oxygens (including phenoxy) is 1. The molecule has 0 spiro atoms. The van der Waals surface area contributed by atoms with Gasteiger partial charge in [-0.05, 0) is 12.5 Å². The number of nitrogens with zero attached hydrogens (tertiary/aromatic N) is 2. The quantitative estimate of drug-likeness (QED) is 0.131. The Labute approximate surface area is 240 Å². The summed E-state index contributed by atoms with van der Waals surface area (Å²) in [6.07, 6.45) is 20.7. The first-order valence-electron chi connectivity index (χ1n) is 16.0. The van der Waals surface area contributed by atoms with Gasteiger partial charge in [0.25, 0.3) is 0 Å². The number of amides is 1. The molecule has 4 atom stereocenters. The van der Waals surface area contributed by atoms with E-state index in [1.165, 1.54) is 113 Å². The van der Waals surface area contributed by atoms with Gasteiger partial charge in [0.2, 0.25) is 5.91 Å². The second-order valence-electron chi connectivity index (χ2n) is 11.4. The van der Waals surface area contributed by atoms with E-state index in [0.29, 0.717) is 6.42 Å². The number of nitrogens with one attached hydrogen (secondary N) is 1. The Balaban J connectivity index is 1.54. The van der Waals surface area contributed by atoms with Gasteiger partial charge in [-0.2, -0.15) is 0 Å². The SMILES string of the molecule is CCCCCCCCCCCCCCCCCCCCCC(=O)N(c1ccnc(=O)[nH]1)C1O[C@H](CO)[C@@H](O)[C@@H]1O. The van der Waals surface area contributed by atoms with Gasteiger partial charge in [-0.1, -0.05) is 122 Å². The third kappa shape index (κ3) is 12.8. The molecular formula is C31H55N3O6. The molecule has 9 nitrogen and oxygen atoms in total. The number of aliphatic hydroxyl groups excluding tert-OH is 3. The van der Waals surface area contributed by atoms with E-state index in [9.17, 15) is 24.9 Å². The van der Waals surface area contributed by atoms with E-state index >= 15 is 0 Å². The number of unbranched alkanes of at least 4 members (excludes halogenated alkanes) is 18. The van der Waals surface area contributed by atoms with Gasteiger partial charge in [0.05, 0.1) is 6.61 Å². The molecule has 9 heteroatoms. The summed E-state index contributed by atoms with van der Waals surface area (Å²) in [6, 6.07) is 1.45. The molecule has 230 valence electrons. The average molecular weight is 566 g/mol. The lowest BCUT2D eigenvalue weighted by Gasteiger charge is -2.30. The van der Waals surface area contributed by atoms with Gasteiger partial charge < -0.3 is 20.1 Å². The number of aromatic amines is 1. The minimum Gasteiger partial charge on any atom is -0.394 e. The molecule has 0 bridgehead atoms. The Morgan fingerprint density at radius 3 is 1.73 bits per heavy atom. The molecule has 1 amide bonds. The molecule has 2 heterocycles. The van der Waals surface area contributed by atoms with Gasteiger partial charge in [0.15, 0.2) is 6.23 Å². The van der Waals surface area contributed by atoms with E-state index in [0.717, 1.165) is 19.3 Å². The van der Waals surface area contributed by atoms with Gasteiger partial charge in [-0.25, -0.2) is 9.78 Å². The standard InChI is InChI=1S/C31H55N3O6/c1-2-3-4-5-6-7-8-9-10-11-12-13-14-15-16-17-18-19-20-21-27(36)34(26-22-23-32-31(39)33-26)30-29(38)28(37)25(24-35)40-30/h22-23,25,28-30,35,37-38H,2-21,24H2,1H3,(H,32,33,39)/t25-,28-,29+,30?/m1/s1. The Morgan fingerprint density at radius 2 is 1.30 bits per heavy atom. The lowest BCUT2D eigenvalue weighted by Crippen LogP contribution is -2.48. The summed E-state index contributed by atoms with van der Waals surface area (Å²) < 4.78 is 5.57. The van der Waals surface area contributed by atoms with Gasteiger partial charge in [0, 0.05) is 12.6 Å². The predicted octanol–water partition coefficient (Wildman–Crippen LogP) is 5.36. The van der Waals surface area contributed by atoms with E-state index in [1.807, 2.05) is 0 Å². The number of aliphatic hydroxyl groups is 3. The van der Waals surface area contributed by atoms with Crippen molar-refractivity contribution in [1.82, 2.24) is 9.97 Å². The number of rotatable bonds is 23.